The minimum Gasteiger partial charge on any atom is -0.482 e. The zero-order valence-corrected chi connectivity index (χ0v) is 22.7. The van der Waals surface area contributed by atoms with Gasteiger partial charge in [-0.2, -0.15) is 5.26 Å². The molecule has 0 saturated heterocycles. The van der Waals surface area contributed by atoms with Crippen molar-refractivity contribution in [2.24, 2.45) is 0 Å². The Morgan fingerprint density at radius 2 is 1.86 bits per heavy atom. The van der Waals surface area contributed by atoms with E-state index in [9.17, 15) is 14.9 Å². The average molecular weight is 618 g/mol. The van der Waals surface area contributed by atoms with Gasteiger partial charge in [0.2, 0.25) is 0 Å². The zero-order chi connectivity index (χ0) is 25.5. The summed E-state index contributed by atoms with van der Waals surface area (Å²) in [5.41, 5.74) is 3.47. The van der Waals surface area contributed by atoms with E-state index < -0.39 is 5.91 Å². The van der Waals surface area contributed by atoms with Gasteiger partial charge in [-0.1, -0.05) is 51.3 Å². The molecule has 0 heterocycles. The van der Waals surface area contributed by atoms with Gasteiger partial charge in [0.15, 0.2) is 6.61 Å². The van der Waals surface area contributed by atoms with E-state index in [0.29, 0.717) is 36.7 Å². The van der Waals surface area contributed by atoms with Crippen molar-refractivity contribution >= 4 is 72.7 Å². The number of halogens is 3. The highest BCUT2D eigenvalue weighted by Gasteiger charge is 2.16. The van der Waals surface area contributed by atoms with E-state index in [1.807, 2.05) is 38.1 Å². The van der Waals surface area contributed by atoms with Gasteiger partial charge in [0.1, 0.15) is 17.4 Å². The van der Waals surface area contributed by atoms with Gasteiger partial charge >= 0.3 is 0 Å². The first kappa shape index (κ1) is 26.5. The van der Waals surface area contributed by atoms with Crippen LogP contribution in [0.4, 0.5) is 11.4 Å². The predicted octanol–water partition coefficient (Wildman–Crippen LogP) is 7.05. The first-order chi connectivity index (χ1) is 16.7. The number of carbonyl (C=O) groups excluding carboxylic acids is 2. The zero-order valence-electron chi connectivity index (χ0n) is 18.8. The highest BCUT2D eigenvalue weighted by atomic mass is 79.9. The molecule has 0 radical (unpaired) electrons. The molecule has 178 valence electrons. The third-order valence-electron chi connectivity index (χ3n) is 4.79. The van der Waals surface area contributed by atoms with Crippen molar-refractivity contribution in [2.45, 2.75) is 13.8 Å². The monoisotopic (exact) mass is 615 g/mol. The Hall–Kier alpha value is -3.12. The molecule has 3 aromatic rings. The summed E-state index contributed by atoms with van der Waals surface area (Å²) in [5.74, 6) is -0.641. The molecule has 0 aromatic heterocycles. The molecular weight excluding hydrogens is 598 g/mol. The van der Waals surface area contributed by atoms with Gasteiger partial charge < -0.3 is 15.4 Å². The van der Waals surface area contributed by atoms with Crippen LogP contribution in [0.2, 0.25) is 5.02 Å². The molecule has 0 aliphatic heterocycles. The van der Waals surface area contributed by atoms with Crippen molar-refractivity contribution < 1.29 is 14.3 Å². The SMILES string of the molecule is Cc1ccc(NC(=O)COc2c(Br)cc(Br)cc2/C=C(/C#N)C(=O)Nc2cccc(Cl)c2)c(C)c1. The maximum atomic E-state index is 12.7. The van der Waals surface area contributed by atoms with E-state index in [1.54, 1.807) is 36.4 Å². The van der Waals surface area contributed by atoms with Gasteiger partial charge in [-0.15, -0.1) is 0 Å². The minimum atomic E-state index is -0.607. The van der Waals surface area contributed by atoms with Crippen LogP contribution in [-0.2, 0) is 9.59 Å². The van der Waals surface area contributed by atoms with Gasteiger partial charge in [0, 0.05) is 26.4 Å². The van der Waals surface area contributed by atoms with Crippen LogP contribution in [0.3, 0.4) is 0 Å². The smallest absolute Gasteiger partial charge is 0.266 e. The van der Waals surface area contributed by atoms with Gasteiger partial charge in [-0.3, -0.25) is 9.59 Å². The van der Waals surface area contributed by atoms with Crippen molar-refractivity contribution in [3.63, 3.8) is 0 Å². The Balaban J connectivity index is 1.81. The quantitative estimate of drug-likeness (QED) is 0.220. The van der Waals surface area contributed by atoms with Crippen molar-refractivity contribution in [2.75, 3.05) is 17.2 Å². The molecule has 9 heteroatoms. The van der Waals surface area contributed by atoms with Crippen molar-refractivity contribution in [1.82, 2.24) is 0 Å². The second-order valence-electron chi connectivity index (χ2n) is 7.60. The summed E-state index contributed by atoms with van der Waals surface area (Å²) in [7, 11) is 0. The minimum absolute atomic E-state index is 0.153. The Labute approximate surface area is 225 Å². The van der Waals surface area contributed by atoms with E-state index >= 15 is 0 Å². The molecule has 0 aliphatic carbocycles. The Kier molecular flexibility index (Phi) is 9.10. The van der Waals surface area contributed by atoms with Crippen molar-refractivity contribution in [3.8, 4) is 11.8 Å². The molecule has 0 saturated carbocycles. The Morgan fingerprint density at radius 3 is 2.54 bits per heavy atom. The Bertz CT molecular complexity index is 1370. The second kappa shape index (κ2) is 12.0. The molecule has 3 rings (SSSR count). The van der Waals surface area contributed by atoms with E-state index in [0.717, 1.165) is 11.1 Å². The lowest BCUT2D eigenvalue weighted by atomic mass is 10.1. The molecule has 0 aliphatic rings. The third kappa shape index (κ3) is 7.43. The maximum Gasteiger partial charge on any atom is 0.266 e. The number of hydrogen-bond acceptors (Lipinski definition) is 4. The number of carbonyl (C=O) groups is 2. The van der Waals surface area contributed by atoms with Crippen LogP contribution in [0.5, 0.6) is 5.75 Å². The summed E-state index contributed by atoms with van der Waals surface area (Å²) in [5, 5.41) is 15.5. The van der Waals surface area contributed by atoms with Crippen molar-refractivity contribution in [1.29, 1.82) is 5.26 Å². The molecule has 0 spiro atoms. The lowest BCUT2D eigenvalue weighted by Crippen LogP contribution is -2.21. The molecule has 0 bridgehead atoms. The summed E-state index contributed by atoms with van der Waals surface area (Å²) in [6.45, 7) is 3.62. The number of rotatable bonds is 7. The fourth-order valence-electron chi connectivity index (χ4n) is 3.19. The largest absolute Gasteiger partial charge is 0.482 e. The number of nitrogens with one attached hydrogen (secondary N) is 2. The molecule has 0 atom stereocenters. The first-order valence-corrected chi connectivity index (χ1v) is 12.3. The molecule has 2 N–H and O–H groups in total. The van der Waals surface area contributed by atoms with Crippen LogP contribution >= 0.6 is 43.5 Å². The van der Waals surface area contributed by atoms with Crippen LogP contribution in [-0.4, -0.2) is 18.4 Å². The molecule has 3 aromatic carbocycles. The van der Waals surface area contributed by atoms with Gasteiger partial charge in [0.05, 0.1) is 4.47 Å². The molecule has 35 heavy (non-hydrogen) atoms. The third-order valence-corrected chi connectivity index (χ3v) is 6.07. The van der Waals surface area contributed by atoms with E-state index in [2.05, 4.69) is 42.5 Å². The van der Waals surface area contributed by atoms with Crippen LogP contribution < -0.4 is 15.4 Å². The topological polar surface area (TPSA) is 91.2 Å². The van der Waals surface area contributed by atoms with Gasteiger partial charge in [-0.25, -0.2) is 0 Å². The number of hydrogen-bond donors (Lipinski definition) is 2. The van der Waals surface area contributed by atoms with E-state index in [1.165, 1.54) is 6.08 Å². The van der Waals surface area contributed by atoms with Crippen LogP contribution in [0.15, 0.2) is 69.1 Å². The average Bonchev–Trinajstić information content (AvgIpc) is 2.78. The first-order valence-electron chi connectivity index (χ1n) is 10.3. The summed E-state index contributed by atoms with van der Waals surface area (Å²) >= 11 is 12.8. The molecule has 0 fully saturated rings. The molecule has 0 unspecified atom stereocenters. The fraction of sp³-hybridized carbons (Fsp3) is 0.115. The summed E-state index contributed by atoms with van der Waals surface area (Å²) in [4.78, 5) is 25.2. The van der Waals surface area contributed by atoms with Crippen molar-refractivity contribution in [3.05, 3.63) is 90.8 Å². The number of benzene rings is 3. The highest BCUT2D eigenvalue weighted by molar-refractivity contribution is 9.11. The second-order valence-corrected chi connectivity index (χ2v) is 9.80. The van der Waals surface area contributed by atoms with Crippen LogP contribution in [0.1, 0.15) is 16.7 Å². The lowest BCUT2D eigenvalue weighted by molar-refractivity contribution is -0.118. The number of nitriles is 1. The highest BCUT2D eigenvalue weighted by Crippen LogP contribution is 2.34. The summed E-state index contributed by atoms with van der Waals surface area (Å²) in [6.07, 6.45) is 1.40. The molecule has 6 nitrogen and oxygen atoms in total. The molecule has 2 amide bonds. The number of ether oxygens (including phenoxy) is 1. The van der Waals surface area contributed by atoms with Gasteiger partial charge in [-0.05, 0) is 77.8 Å². The standard InChI is InChI=1S/C26H20Br2ClN3O3/c1-15-6-7-23(16(2)8-15)32-24(33)14-35-25-17(10-19(27)11-22(25)28)9-18(13-30)26(34)31-21-5-3-4-20(29)12-21/h3-12H,14H2,1-2H3,(H,31,34)(H,32,33)/b18-9-. The number of anilines is 2. The van der Waals surface area contributed by atoms with E-state index in [-0.39, 0.29) is 18.1 Å². The van der Waals surface area contributed by atoms with Gasteiger partial charge in [0.25, 0.3) is 11.8 Å². The Morgan fingerprint density at radius 1 is 1.09 bits per heavy atom. The van der Waals surface area contributed by atoms with Crippen LogP contribution in [0.25, 0.3) is 6.08 Å². The molecular formula is C26H20Br2ClN3O3. The number of amides is 2. The maximum absolute atomic E-state index is 12.7. The number of aryl methyl sites for hydroxylation is 2. The van der Waals surface area contributed by atoms with E-state index in [4.69, 9.17) is 16.3 Å². The summed E-state index contributed by atoms with van der Waals surface area (Å²) < 4.78 is 7.03. The van der Waals surface area contributed by atoms with Crippen LogP contribution in [0, 0.1) is 25.2 Å². The fourth-order valence-corrected chi connectivity index (χ4v) is 4.75. The lowest BCUT2D eigenvalue weighted by Gasteiger charge is -2.14. The summed E-state index contributed by atoms with van der Waals surface area (Å²) in [6, 6.07) is 17.7. The predicted molar refractivity (Wildman–Crippen MR) is 146 cm³/mol. The normalized spacial score (nSPS) is 10.9. The number of nitrogens with zero attached hydrogens (tertiary/aromatic N) is 1.